The Hall–Kier alpha value is -1.59. The normalized spacial score (nSPS) is 24.0. The summed E-state index contributed by atoms with van der Waals surface area (Å²) in [5.41, 5.74) is 2.94. The molecule has 1 aromatic rings. The van der Waals surface area contributed by atoms with Gasteiger partial charge in [-0.1, -0.05) is 42.0 Å². The van der Waals surface area contributed by atoms with Crippen LogP contribution in [0, 0.1) is 0 Å². The molecular formula is C22H29ClO4. The first-order valence-corrected chi connectivity index (χ1v) is 9.69. The van der Waals surface area contributed by atoms with Crippen LogP contribution in [0.3, 0.4) is 0 Å². The first-order chi connectivity index (χ1) is 12.9. The molecule has 0 spiro atoms. The number of allylic oxidation sites excluding steroid dienone is 3. The molecule has 0 bridgehead atoms. The summed E-state index contributed by atoms with van der Waals surface area (Å²) in [7, 11) is 0. The lowest BCUT2D eigenvalue weighted by molar-refractivity contribution is -0.0962. The van der Waals surface area contributed by atoms with E-state index in [9.17, 15) is 10.2 Å². The van der Waals surface area contributed by atoms with Crippen LogP contribution in [-0.2, 0) is 11.2 Å². The molecular weight excluding hydrogens is 364 g/mol. The Balaban J connectivity index is 1.96. The first kappa shape index (κ1) is 21.7. The molecule has 1 aliphatic heterocycles. The molecule has 0 unspecified atom stereocenters. The average molecular weight is 393 g/mol. The van der Waals surface area contributed by atoms with E-state index in [0.29, 0.717) is 24.5 Å². The van der Waals surface area contributed by atoms with E-state index in [4.69, 9.17) is 21.1 Å². The molecule has 0 amide bonds. The fourth-order valence-corrected chi connectivity index (χ4v) is 3.17. The monoisotopic (exact) mass is 392 g/mol. The van der Waals surface area contributed by atoms with Crippen molar-refractivity contribution in [2.45, 2.75) is 51.4 Å². The molecule has 1 heterocycles. The maximum atomic E-state index is 9.91. The van der Waals surface area contributed by atoms with E-state index < -0.39 is 6.10 Å². The van der Waals surface area contributed by atoms with Gasteiger partial charge in [0.25, 0.3) is 0 Å². The summed E-state index contributed by atoms with van der Waals surface area (Å²) in [5.74, 6) is 0.862. The zero-order valence-corrected chi connectivity index (χ0v) is 16.8. The number of aliphatic hydroxyl groups is 2. The average Bonchev–Trinajstić information content (AvgIpc) is 2.66. The summed E-state index contributed by atoms with van der Waals surface area (Å²) in [6, 6.07) is 7.99. The number of hydrogen-bond acceptors (Lipinski definition) is 4. The molecule has 1 aromatic carbocycles. The van der Waals surface area contributed by atoms with Crippen molar-refractivity contribution >= 4 is 11.6 Å². The quantitative estimate of drug-likeness (QED) is 0.652. The van der Waals surface area contributed by atoms with E-state index in [1.807, 2.05) is 50.3 Å². The third kappa shape index (κ3) is 6.82. The Kier molecular flexibility index (Phi) is 8.58. The van der Waals surface area contributed by atoms with Crippen LogP contribution in [0.25, 0.3) is 0 Å². The molecule has 1 saturated heterocycles. The minimum Gasteiger partial charge on any atom is -0.494 e. The second kappa shape index (κ2) is 10.7. The summed E-state index contributed by atoms with van der Waals surface area (Å²) >= 11 is 6.43. The minimum atomic E-state index is -0.488. The number of rotatable bonds is 8. The van der Waals surface area contributed by atoms with Crippen molar-refractivity contribution in [1.29, 1.82) is 0 Å². The number of ether oxygens (including phenoxy) is 2. The molecule has 0 aromatic heterocycles. The summed E-state index contributed by atoms with van der Waals surface area (Å²) < 4.78 is 11.2. The Morgan fingerprint density at radius 2 is 2.00 bits per heavy atom. The lowest BCUT2D eigenvalue weighted by atomic mass is 9.96. The smallest absolute Gasteiger partial charge is 0.119 e. The predicted molar refractivity (Wildman–Crippen MR) is 109 cm³/mol. The Labute approximate surface area is 166 Å². The molecule has 1 aliphatic rings. The van der Waals surface area contributed by atoms with Gasteiger partial charge < -0.3 is 19.7 Å². The summed E-state index contributed by atoms with van der Waals surface area (Å²) in [6.45, 7) is 8.53. The van der Waals surface area contributed by atoms with Gasteiger partial charge in [0.1, 0.15) is 5.75 Å². The topological polar surface area (TPSA) is 58.9 Å². The maximum absolute atomic E-state index is 9.91. The number of hydrogen-bond donors (Lipinski definition) is 2. The molecule has 2 N–H and O–H groups in total. The lowest BCUT2D eigenvalue weighted by Gasteiger charge is -2.32. The maximum Gasteiger partial charge on any atom is 0.119 e. The second-order valence-corrected chi connectivity index (χ2v) is 7.25. The highest BCUT2D eigenvalue weighted by Gasteiger charge is 2.28. The van der Waals surface area contributed by atoms with Crippen LogP contribution in [0.4, 0.5) is 0 Å². The highest BCUT2D eigenvalue weighted by molar-refractivity contribution is 6.31. The van der Waals surface area contributed by atoms with Crippen molar-refractivity contribution in [3.8, 4) is 5.75 Å². The zero-order chi connectivity index (χ0) is 19.8. The zero-order valence-electron chi connectivity index (χ0n) is 16.0. The van der Waals surface area contributed by atoms with Crippen LogP contribution in [0.2, 0.25) is 0 Å². The second-order valence-electron chi connectivity index (χ2n) is 6.84. The van der Waals surface area contributed by atoms with Crippen LogP contribution < -0.4 is 4.74 Å². The van der Waals surface area contributed by atoms with Gasteiger partial charge in [0.05, 0.1) is 31.5 Å². The molecule has 0 saturated carbocycles. The fourth-order valence-electron chi connectivity index (χ4n) is 3.04. The highest BCUT2D eigenvalue weighted by Crippen LogP contribution is 2.25. The number of halogens is 1. The van der Waals surface area contributed by atoms with E-state index in [1.54, 1.807) is 0 Å². The molecule has 0 aliphatic carbocycles. The number of aliphatic hydroxyl groups excluding tert-OH is 2. The van der Waals surface area contributed by atoms with E-state index >= 15 is 0 Å². The van der Waals surface area contributed by atoms with Gasteiger partial charge in [0.15, 0.2) is 0 Å². The Morgan fingerprint density at radius 3 is 2.63 bits per heavy atom. The van der Waals surface area contributed by atoms with Gasteiger partial charge in [-0.15, -0.1) is 0 Å². The molecule has 1 fully saturated rings. The Bertz CT molecular complexity index is 678. The molecule has 4 nitrogen and oxygen atoms in total. The Morgan fingerprint density at radius 1 is 1.30 bits per heavy atom. The minimum absolute atomic E-state index is 0.105. The highest BCUT2D eigenvalue weighted by atomic mass is 35.5. The standard InChI is InChI=1S/C22H29ClO4/c1-4-26-19-8-6-17(7-9-19)11-16(3)21(23)10-5-15(2)22-13-18(25)12-20(14-24)27-22/h5-10,18,20,22,24-25H,2,4,11-14H2,1,3H3/b10-5-,21-16-/t18-,20-,22+/m0/s1. The van der Waals surface area contributed by atoms with Gasteiger partial charge in [-0.3, -0.25) is 0 Å². The van der Waals surface area contributed by atoms with Gasteiger partial charge in [0.2, 0.25) is 0 Å². The largest absolute Gasteiger partial charge is 0.494 e. The van der Waals surface area contributed by atoms with Gasteiger partial charge in [-0.05, 0) is 49.6 Å². The third-order valence-electron chi connectivity index (χ3n) is 4.55. The SMILES string of the molecule is C=C(/C=C\C(Cl)=C(/C)Cc1ccc(OCC)cc1)[C@H]1C[C@@H](O)C[C@@H](CO)O1. The molecule has 2 rings (SSSR count). The lowest BCUT2D eigenvalue weighted by Crippen LogP contribution is -2.38. The van der Waals surface area contributed by atoms with Crippen molar-refractivity contribution < 1.29 is 19.7 Å². The van der Waals surface area contributed by atoms with Crippen LogP contribution in [0.5, 0.6) is 5.75 Å². The first-order valence-electron chi connectivity index (χ1n) is 9.31. The van der Waals surface area contributed by atoms with E-state index in [-0.39, 0.29) is 18.8 Å². The summed E-state index contributed by atoms with van der Waals surface area (Å²) in [6.07, 6.45) is 4.16. The van der Waals surface area contributed by atoms with Crippen LogP contribution in [0.15, 0.2) is 59.2 Å². The van der Waals surface area contributed by atoms with Gasteiger partial charge in [-0.25, -0.2) is 0 Å². The van der Waals surface area contributed by atoms with E-state index in [2.05, 4.69) is 6.58 Å². The fraction of sp³-hybridized carbons (Fsp3) is 0.455. The summed E-state index contributed by atoms with van der Waals surface area (Å²) in [5, 5.41) is 19.8. The van der Waals surface area contributed by atoms with Crippen molar-refractivity contribution in [3.63, 3.8) is 0 Å². The summed E-state index contributed by atoms with van der Waals surface area (Å²) in [4.78, 5) is 0. The van der Waals surface area contributed by atoms with Crippen LogP contribution in [-0.4, -0.2) is 41.7 Å². The van der Waals surface area contributed by atoms with E-state index in [0.717, 1.165) is 28.9 Å². The molecule has 0 radical (unpaired) electrons. The van der Waals surface area contributed by atoms with Crippen molar-refractivity contribution in [1.82, 2.24) is 0 Å². The van der Waals surface area contributed by atoms with Crippen LogP contribution >= 0.6 is 11.6 Å². The molecule has 27 heavy (non-hydrogen) atoms. The van der Waals surface area contributed by atoms with Crippen molar-refractivity contribution in [2.75, 3.05) is 13.2 Å². The predicted octanol–water partition coefficient (Wildman–Crippen LogP) is 4.15. The third-order valence-corrected chi connectivity index (χ3v) is 5.00. The van der Waals surface area contributed by atoms with Crippen molar-refractivity contribution in [2.24, 2.45) is 0 Å². The van der Waals surface area contributed by atoms with Gasteiger partial charge in [-0.2, -0.15) is 0 Å². The number of benzene rings is 1. The van der Waals surface area contributed by atoms with Crippen molar-refractivity contribution in [3.05, 3.63) is 64.7 Å². The van der Waals surface area contributed by atoms with E-state index in [1.165, 1.54) is 0 Å². The molecule has 3 atom stereocenters. The van der Waals surface area contributed by atoms with Gasteiger partial charge >= 0.3 is 0 Å². The van der Waals surface area contributed by atoms with Crippen LogP contribution in [0.1, 0.15) is 32.3 Å². The molecule has 5 heteroatoms. The molecule has 148 valence electrons. The van der Waals surface area contributed by atoms with Gasteiger partial charge in [0, 0.05) is 17.9 Å².